The summed E-state index contributed by atoms with van der Waals surface area (Å²) in [5, 5.41) is 11.4. The number of fused-ring (bicyclic) bond motifs is 5. The van der Waals surface area contributed by atoms with E-state index in [1.54, 1.807) is 20.8 Å². The number of carbonyl (C=O) groups is 3. The molecular formula is C25H32F2O6. The maximum Gasteiger partial charge on any atom is 0.351 e. The molecule has 0 aromatic carbocycles. The fourth-order valence-electron chi connectivity index (χ4n) is 7.62. The first-order valence-corrected chi connectivity index (χ1v) is 11.6. The molecule has 9 atom stereocenters. The Morgan fingerprint density at radius 1 is 1.24 bits per heavy atom. The molecule has 0 heterocycles. The van der Waals surface area contributed by atoms with Gasteiger partial charge in [-0.2, -0.15) is 0 Å². The van der Waals surface area contributed by atoms with Crippen LogP contribution in [0.3, 0.4) is 0 Å². The molecule has 0 saturated heterocycles. The third kappa shape index (κ3) is 2.76. The second kappa shape index (κ2) is 7.45. The van der Waals surface area contributed by atoms with Crippen LogP contribution in [0.25, 0.3) is 0 Å². The normalized spacial score (nSPS) is 48.3. The second-order valence-corrected chi connectivity index (χ2v) is 10.6. The Hall–Kier alpha value is -2.09. The minimum Gasteiger partial charge on any atom is -0.466 e. The highest BCUT2D eigenvalue weighted by Crippen LogP contribution is 2.71. The highest BCUT2D eigenvalue weighted by Gasteiger charge is 2.78. The highest BCUT2D eigenvalue weighted by atomic mass is 19.1. The van der Waals surface area contributed by atoms with Gasteiger partial charge in [-0.15, -0.1) is 0 Å². The Balaban J connectivity index is 1.88. The molecule has 33 heavy (non-hydrogen) atoms. The number of halogens is 2. The predicted octanol–water partition coefficient (Wildman–Crippen LogP) is 3.42. The molecule has 0 aliphatic heterocycles. The van der Waals surface area contributed by atoms with Crippen molar-refractivity contribution in [2.24, 2.45) is 28.6 Å². The van der Waals surface area contributed by atoms with Crippen LogP contribution >= 0.6 is 0 Å². The molecule has 4 aliphatic carbocycles. The maximum absolute atomic E-state index is 17.2. The van der Waals surface area contributed by atoms with Crippen LogP contribution in [-0.2, 0) is 23.9 Å². The van der Waals surface area contributed by atoms with E-state index >= 15 is 8.78 Å². The molecule has 4 rings (SSSR count). The summed E-state index contributed by atoms with van der Waals surface area (Å²) < 4.78 is 43.6. The van der Waals surface area contributed by atoms with Gasteiger partial charge in [0.2, 0.25) is 5.60 Å². The van der Waals surface area contributed by atoms with E-state index in [-0.39, 0.29) is 24.8 Å². The van der Waals surface area contributed by atoms with Crippen molar-refractivity contribution >= 4 is 17.7 Å². The fraction of sp³-hybridized carbons (Fsp3) is 0.720. The number of ether oxygens (including phenoxy) is 2. The minimum atomic E-state index is -2.26. The monoisotopic (exact) mass is 466 g/mol. The number of aliphatic hydroxyl groups excluding tert-OH is 1. The maximum atomic E-state index is 17.2. The molecule has 0 spiro atoms. The number of allylic oxidation sites excluding steroid dienone is 4. The standard InChI is InChI=1S/C25H32F2O6/c1-6-20(30)33-25(21(31)32-5)13(2)9-15-16-11-18(26)17-10-14(28)7-8-22(17,3)24(16,27)19(29)12-23(15,25)4/h7-8,10,13,15-16,18-19,29H,6,9,11-12H2,1-5H3. The van der Waals surface area contributed by atoms with Gasteiger partial charge in [-0.1, -0.05) is 26.8 Å². The first-order chi connectivity index (χ1) is 15.3. The van der Waals surface area contributed by atoms with Gasteiger partial charge in [0.15, 0.2) is 11.5 Å². The Kier molecular flexibility index (Phi) is 5.43. The number of methoxy groups -OCH3 is 1. The van der Waals surface area contributed by atoms with Gasteiger partial charge in [0.1, 0.15) is 6.17 Å². The molecule has 0 aromatic heterocycles. The number of alkyl halides is 2. The van der Waals surface area contributed by atoms with Crippen LogP contribution in [-0.4, -0.2) is 53.5 Å². The van der Waals surface area contributed by atoms with Gasteiger partial charge in [0.05, 0.1) is 13.2 Å². The van der Waals surface area contributed by atoms with E-state index in [1.165, 1.54) is 26.2 Å². The number of esters is 2. The number of hydrogen-bond acceptors (Lipinski definition) is 6. The summed E-state index contributed by atoms with van der Waals surface area (Å²) in [6.07, 6.45) is 0.495. The van der Waals surface area contributed by atoms with Gasteiger partial charge in [-0.25, -0.2) is 13.6 Å². The quantitative estimate of drug-likeness (QED) is 0.641. The van der Waals surface area contributed by atoms with E-state index in [2.05, 4.69) is 0 Å². The van der Waals surface area contributed by atoms with Gasteiger partial charge in [0, 0.05) is 29.1 Å². The summed E-state index contributed by atoms with van der Waals surface area (Å²) in [7, 11) is 1.20. The van der Waals surface area contributed by atoms with E-state index < -0.39 is 69.9 Å². The molecule has 182 valence electrons. The Morgan fingerprint density at radius 3 is 2.52 bits per heavy atom. The lowest BCUT2D eigenvalue weighted by Crippen LogP contribution is -2.71. The zero-order valence-electron chi connectivity index (χ0n) is 19.7. The van der Waals surface area contributed by atoms with Gasteiger partial charge in [-0.3, -0.25) is 9.59 Å². The van der Waals surface area contributed by atoms with Crippen molar-refractivity contribution in [1.82, 2.24) is 0 Å². The van der Waals surface area contributed by atoms with Crippen molar-refractivity contribution in [3.63, 3.8) is 0 Å². The predicted molar refractivity (Wildman–Crippen MR) is 114 cm³/mol. The molecule has 3 fully saturated rings. The number of carbonyl (C=O) groups excluding carboxylic acids is 3. The average molecular weight is 467 g/mol. The molecule has 9 unspecified atom stereocenters. The number of ketones is 1. The molecular weight excluding hydrogens is 434 g/mol. The molecule has 0 aromatic rings. The average Bonchev–Trinajstić information content (AvgIpc) is 2.98. The van der Waals surface area contributed by atoms with Crippen LogP contribution in [0.5, 0.6) is 0 Å². The summed E-state index contributed by atoms with van der Waals surface area (Å²) >= 11 is 0. The summed E-state index contributed by atoms with van der Waals surface area (Å²) in [4.78, 5) is 37.6. The third-order valence-corrected chi connectivity index (χ3v) is 9.22. The highest BCUT2D eigenvalue weighted by molar-refractivity contribution is 6.01. The molecule has 8 heteroatoms. The Labute approximate surface area is 192 Å². The van der Waals surface area contributed by atoms with Crippen molar-refractivity contribution < 1.29 is 37.7 Å². The fourth-order valence-corrected chi connectivity index (χ4v) is 7.62. The lowest BCUT2D eigenvalue weighted by Gasteiger charge is -2.63. The zero-order chi connectivity index (χ0) is 24.6. The molecule has 0 bridgehead atoms. The van der Waals surface area contributed by atoms with E-state index in [0.717, 1.165) is 6.08 Å². The van der Waals surface area contributed by atoms with Crippen LogP contribution in [0.4, 0.5) is 8.78 Å². The Bertz CT molecular complexity index is 961. The molecule has 3 saturated carbocycles. The largest absolute Gasteiger partial charge is 0.466 e. The van der Waals surface area contributed by atoms with Crippen molar-refractivity contribution in [2.75, 3.05) is 7.11 Å². The van der Waals surface area contributed by atoms with Crippen LogP contribution in [0.1, 0.15) is 53.4 Å². The lowest BCUT2D eigenvalue weighted by molar-refractivity contribution is -0.238. The van der Waals surface area contributed by atoms with Crippen LogP contribution in [0, 0.1) is 28.6 Å². The molecule has 1 N–H and O–H groups in total. The molecule has 4 aliphatic rings. The molecule has 0 amide bonds. The number of rotatable bonds is 3. The van der Waals surface area contributed by atoms with Crippen LogP contribution < -0.4 is 0 Å². The van der Waals surface area contributed by atoms with Gasteiger partial charge < -0.3 is 14.6 Å². The molecule has 6 nitrogen and oxygen atoms in total. The first-order valence-electron chi connectivity index (χ1n) is 11.6. The smallest absolute Gasteiger partial charge is 0.351 e. The first kappa shape index (κ1) is 24.0. The van der Waals surface area contributed by atoms with Gasteiger partial charge in [0.25, 0.3) is 0 Å². The van der Waals surface area contributed by atoms with Crippen molar-refractivity contribution in [3.05, 3.63) is 23.8 Å². The van der Waals surface area contributed by atoms with Crippen LogP contribution in [0.15, 0.2) is 23.8 Å². The second-order valence-electron chi connectivity index (χ2n) is 10.6. The van der Waals surface area contributed by atoms with E-state index in [0.29, 0.717) is 6.42 Å². The topological polar surface area (TPSA) is 89.9 Å². The number of aliphatic hydroxyl groups is 1. The summed E-state index contributed by atoms with van der Waals surface area (Å²) in [6.45, 7) is 6.59. The van der Waals surface area contributed by atoms with Crippen LogP contribution in [0.2, 0.25) is 0 Å². The van der Waals surface area contributed by atoms with E-state index in [4.69, 9.17) is 9.47 Å². The van der Waals surface area contributed by atoms with Crippen molar-refractivity contribution in [2.45, 2.75) is 76.9 Å². The van der Waals surface area contributed by atoms with Gasteiger partial charge >= 0.3 is 11.9 Å². The third-order valence-electron chi connectivity index (χ3n) is 9.22. The Morgan fingerprint density at radius 2 is 1.91 bits per heavy atom. The van der Waals surface area contributed by atoms with Crippen molar-refractivity contribution in [1.29, 1.82) is 0 Å². The molecule has 0 radical (unpaired) electrons. The number of hydrogen-bond donors (Lipinski definition) is 1. The summed E-state index contributed by atoms with van der Waals surface area (Å²) in [5.74, 6) is -3.81. The SMILES string of the molecule is CCC(=O)OC1(C(=O)OC)C(C)CC2C3CC(F)C4=CC(=O)C=CC4(C)C3(F)C(O)CC21C. The summed E-state index contributed by atoms with van der Waals surface area (Å²) in [6, 6.07) is 0. The van der Waals surface area contributed by atoms with E-state index in [9.17, 15) is 19.5 Å². The lowest BCUT2D eigenvalue weighted by atomic mass is 9.44. The van der Waals surface area contributed by atoms with Crippen molar-refractivity contribution in [3.8, 4) is 0 Å². The van der Waals surface area contributed by atoms with E-state index in [1.807, 2.05) is 0 Å². The zero-order valence-corrected chi connectivity index (χ0v) is 19.7. The minimum absolute atomic E-state index is 0.0306. The summed E-state index contributed by atoms with van der Waals surface area (Å²) in [5.41, 5.74) is -6.62. The van der Waals surface area contributed by atoms with Gasteiger partial charge in [-0.05, 0) is 49.8 Å².